The molecule has 2 aliphatic heterocycles. The van der Waals surface area contributed by atoms with E-state index in [4.69, 9.17) is 31.6 Å². The Morgan fingerprint density at radius 3 is 0.891 bits per heavy atom. The molecule has 18 aromatic carbocycles. The van der Waals surface area contributed by atoms with E-state index in [-0.39, 0.29) is 0 Å². The molecule has 27 rings (SSSR count). The quantitative estimate of drug-likeness (QED) is 0.148. The second-order valence-electron chi connectivity index (χ2n) is 32.1. The van der Waals surface area contributed by atoms with Gasteiger partial charge in [0.15, 0.2) is 0 Å². The molecule has 5 aromatic heterocycles. The molecule has 2 spiro atoms. The van der Waals surface area contributed by atoms with E-state index in [1.54, 1.807) is 0 Å². The molecule has 23 aromatic rings. The van der Waals surface area contributed by atoms with E-state index >= 15 is 0 Å². The largest absolute Gasteiger partial charge is 0.457 e. The molecule has 0 bridgehead atoms. The highest BCUT2D eigenvalue weighted by atomic mass is 16.5. The van der Waals surface area contributed by atoms with Crippen LogP contribution in [0.15, 0.2) is 398 Å². The van der Waals surface area contributed by atoms with E-state index < -0.39 is 10.8 Å². The van der Waals surface area contributed by atoms with Crippen LogP contribution in [0.2, 0.25) is 0 Å². The van der Waals surface area contributed by atoms with E-state index in [9.17, 15) is 0 Å². The number of ether oxygens (including phenoxy) is 2. The van der Waals surface area contributed by atoms with Crippen molar-refractivity contribution in [2.75, 3.05) is 9.80 Å². The molecular formula is C110H62N2O7. The van der Waals surface area contributed by atoms with E-state index in [2.05, 4.69) is 350 Å². The first-order valence-electron chi connectivity index (χ1n) is 40.4. The van der Waals surface area contributed by atoms with Crippen molar-refractivity contribution >= 4 is 143 Å². The van der Waals surface area contributed by atoms with Crippen molar-refractivity contribution in [3.8, 4) is 67.9 Å². The van der Waals surface area contributed by atoms with Gasteiger partial charge in [0.1, 0.15) is 79.2 Å². The van der Waals surface area contributed by atoms with Crippen molar-refractivity contribution in [3.63, 3.8) is 0 Å². The number of anilines is 6. The molecule has 554 valence electrons. The van der Waals surface area contributed by atoms with Crippen LogP contribution in [0.25, 0.3) is 154 Å². The van der Waals surface area contributed by atoms with Crippen molar-refractivity contribution in [2.24, 2.45) is 0 Å². The number of para-hydroxylation sites is 6. The third-order valence-corrected chi connectivity index (χ3v) is 25.9. The zero-order valence-corrected chi connectivity index (χ0v) is 63.5. The summed E-state index contributed by atoms with van der Waals surface area (Å²) in [5.41, 5.74) is 26.8. The molecule has 0 atom stereocenters. The Morgan fingerprint density at radius 2 is 0.479 bits per heavy atom. The second kappa shape index (κ2) is 23.9. The molecule has 4 aliphatic rings. The number of hydrogen-bond acceptors (Lipinski definition) is 9. The highest BCUT2D eigenvalue weighted by Crippen LogP contribution is 2.65. The van der Waals surface area contributed by atoms with Crippen molar-refractivity contribution in [1.29, 1.82) is 0 Å². The SMILES string of the molecule is c1ccc2c(c1)Oc1ccccc1C21c2ccccc2-c2ccc(N(c3ccc4cc(-c5cc6ccccc6o5)ccc4c3)c3ccc4c(c3)oc3cc5c(cc34)oc3cc4c(cc35)oc3cc(N(c5ccc6c(c5)C5(c7ccccc7Oc7ccccc75)c5ccccc5-6)c5ccc6cc(-c7cc8ccccc8o7)ccc6c5)ccc34)cc21. The van der Waals surface area contributed by atoms with Gasteiger partial charge in [0, 0.05) is 123 Å². The lowest BCUT2D eigenvalue weighted by Gasteiger charge is -2.39. The Morgan fingerprint density at radius 1 is 0.176 bits per heavy atom. The van der Waals surface area contributed by atoms with Crippen molar-refractivity contribution in [2.45, 2.75) is 10.8 Å². The van der Waals surface area contributed by atoms with Crippen LogP contribution < -0.4 is 19.3 Å². The van der Waals surface area contributed by atoms with Crippen molar-refractivity contribution in [3.05, 3.63) is 421 Å². The number of nitrogens with zero attached hydrogens (tertiary/aromatic N) is 2. The summed E-state index contributed by atoms with van der Waals surface area (Å²) < 4.78 is 47.7. The zero-order valence-electron chi connectivity index (χ0n) is 63.5. The smallest absolute Gasteiger partial charge is 0.137 e. The third-order valence-electron chi connectivity index (χ3n) is 25.9. The summed E-state index contributed by atoms with van der Waals surface area (Å²) in [6.07, 6.45) is 0. The average Bonchev–Trinajstić information content (AvgIpc) is 1.54. The van der Waals surface area contributed by atoms with E-state index in [0.29, 0.717) is 0 Å². The van der Waals surface area contributed by atoms with E-state index in [1.807, 2.05) is 36.4 Å². The number of furan rings is 5. The fourth-order valence-corrected chi connectivity index (χ4v) is 20.7. The van der Waals surface area contributed by atoms with Crippen LogP contribution in [0.5, 0.6) is 23.0 Å². The summed E-state index contributed by atoms with van der Waals surface area (Å²) in [5, 5.41) is 12.3. The van der Waals surface area contributed by atoms with Gasteiger partial charge in [-0.3, -0.25) is 0 Å². The Labute approximate surface area is 679 Å². The van der Waals surface area contributed by atoms with Gasteiger partial charge >= 0.3 is 0 Å². The van der Waals surface area contributed by atoms with Crippen LogP contribution in [0.4, 0.5) is 34.1 Å². The molecular weight excluding hydrogens is 1460 g/mol. The van der Waals surface area contributed by atoms with Gasteiger partial charge in [-0.25, -0.2) is 0 Å². The number of rotatable bonds is 8. The monoisotopic (exact) mass is 1520 g/mol. The van der Waals surface area contributed by atoms with E-state index in [0.717, 1.165) is 211 Å². The van der Waals surface area contributed by atoms with Gasteiger partial charge in [0.25, 0.3) is 0 Å². The molecule has 9 heteroatoms. The molecule has 0 unspecified atom stereocenters. The molecule has 2 aliphatic carbocycles. The molecule has 0 fully saturated rings. The highest BCUT2D eigenvalue weighted by molar-refractivity contribution is 6.19. The van der Waals surface area contributed by atoms with Gasteiger partial charge in [-0.1, -0.05) is 206 Å². The van der Waals surface area contributed by atoms with Gasteiger partial charge in [-0.2, -0.15) is 0 Å². The Kier molecular flexibility index (Phi) is 13.0. The third kappa shape index (κ3) is 9.07. The first kappa shape index (κ1) is 64.5. The lowest BCUT2D eigenvalue weighted by Crippen LogP contribution is -2.32. The second-order valence-corrected chi connectivity index (χ2v) is 32.1. The molecule has 0 amide bonds. The summed E-state index contributed by atoms with van der Waals surface area (Å²) >= 11 is 0. The maximum absolute atomic E-state index is 7.15. The van der Waals surface area contributed by atoms with Crippen molar-refractivity contribution < 1.29 is 31.6 Å². The number of fused-ring (bicyclic) bond motifs is 31. The molecule has 7 heterocycles. The molecule has 119 heavy (non-hydrogen) atoms. The summed E-state index contributed by atoms with van der Waals surface area (Å²) in [7, 11) is 0. The lowest BCUT2D eigenvalue weighted by molar-refractivity contribution is 0.436. The molecule has 9 nitrogen and oxygen atoms in total. The minimum Gasteiger partial charge on any atom is -0.457 e. The Hall–Kier alpha value is -15.8. The Bertz CT molecular complexity index is 7750. The van der Waals surface area contributed by atoms with Gasteiger partial charge in [-0.05, 0) is 224 Å². The van der Waals surface area contributed by atoms with Crippen LogP contribution in [-0.2, 0) is 10.8 Å². The van der Waals surface area contributed by atoms with Gasteiger partial charge in [-0.15, -0.1) is 0 Å². The van der Waals surface area contributed by atoms with E-state index in [1.165, 1.54) is 44.5 Å². The number of hydrogen-bond donors (Lipinski definition) is 0. The fourth-order valence-electron chi connectivity index (χ4n) is 20.7. The van der Waals surface area contributed by atoms with Crippen LogP contribution in [0.1, 0.15) is 44.5 Å². The van der Waals surface area contributed by atoms with Crippen LogP contribution in [-0.4, -0.2) is 0 Å². The first-order valence-corrected chi connectivity index (χ1v) is 40.4. The first-order chi connectivity index (χ1) is 58.9. The Balaban J connectivity index is 0.590. The van der Waals surface area contributed by atoms with Gasteiger partial charge in [0.05, 0.1) is 10.8 Å². The predicted octanol–water partition coefficient (Wildman–Crippen LogP) is 30.4. The maximum Gasteiger partial charge on any atom is 0.137 e. The minimum absolute atomic E-state index is 0.677. The zero-order chi connectivity index (χ0) is 77.5. The summed E-state index contributed by atoms with van der Waals surface area (Å²) in [4.78, 5) is 4.75. The van der Waals surface area contributed by atoms with Crippen LogP contribution in [0.3, 0.4) is 0 Å². The van der Waals surface area contributed by atoms with Crippen LogP contribution in [0, 0.1) is 0 Å². The minimum atomic E-state index is -0.677. The summed E-state index contributed by atoms with van der Waals surface area (Å²) in [6, 6.07) is 135. The summed E-state index contributed by atoms with van der Waals surface area (Å²) in [5.74, 6) is 5.06. The topological polar surface area (TPSA) is 90.6 Å². The fraction of sp³-hybridized carbons (Fsp3) is 0.0182. The number of benzene rings is 18. The molecule has 0 saturated heterocycles. The molecule has 0 radical (unpaired) electrons. The summed E-state index contributed by atoms with van der Waals surface area (Å²) in [6.45, 7) is 0. The normalized spacial score (nSPS) is 13.6. The highest BCUT2D eigenvalue weighted by Gasteiger charge is 2.53. The average molecular weight is 1520 g/mol. The molecule has 0 N–H and O–H groups in total. The van der Waals surface area contributed by atoms with Gasteiger partial charge < -0.3 is 41.4 Å². The maximum atomic E-state index is 7.15. The lowest BCUT2D eigenvalue weighted by atomic mass is 9.66. The van der Waals surface area contributed by atoms with Crippen LogP contribution >= 0.6 is 0 Å². The predicted molar refractivity (Wildman–Crippen MR) is 478 cm³/mol. The van der Waals surface area contributed by atoms with Gasteiger partial charge in [0.2, 0.25) is 0 Å². The standard InChI is InChI=1S/C110H62N2O7/c1-11-27-95-67(17-1)53-101(113-95)69-35-33-65-51-71(39-37-63(65)49-69)111(73-41-45-79-77-19-3-5-21-87(77)109(93(79)55-73)89-23-7-13-29-97(89)115-98-30-14-8-24-90(98)109)75-43-47-81-83-59-107-85(61-105(83)117-103(81)57-75)86-62-106-84(60-108(86)119-107)82-48-44-76(58-104(82)118-106)112(72-40-38-64-50-70(36-34-66(64)52-72)102-54-68-18-2-12-28-96(68)114-102)74-42-46-80-78-20-4-6-22-88(78)110(94(80)56-74)91-25-9-15-31-99(91)116-100-32-16-10-26-92(100)110/h1-62H. The van der Waals surface area contributed by atoms with Crippen molar-refractivity contribution in [1.82, 2.24) is 0 Å². The molecule has 0 saturated carbocycles.